The summed E-state index contributed by atoms with van der Waals surface area (Å²) in [6.07, 6.45) is 4.28. The summed E-state index contributed by atoms with van der Waals surface area (Å²) in [6.45, 7) is 0.479. The van der Waals surface area contributed by atoms with E-state index in [-0.39, 0.29) is 23.8 Å². The first-order valence-corrected chi connectivity index (χ1v) is 12.4. The van der Waals surface area contributed by atoms with Crippen LogP contribution in [0.2, 0.25) is 5.02 Å². The third-order valence-electron chi connectivity index (χ3n) is 8.49. The van der Waals surface area contributed by atoms with Crippen molar-refractivity contribution in [1.82, 2.24) is 9.29 Å². The summed E-state index contributed by atoms with van der Waals surface area (Å²) in [4.78, 5) is 13.8. The zero-order chi connectivity index (χ0) is 23.1. The molecule has 4 aliphatic rings. The van der Waals surface area contributed by atoms with Crippen LogP contribution in [0.4, 0.5) is 14.5 Å². The molecule has 0 radical (unpaired) electrons. The lowest BCUT2D eigenvalue weighted by atomic mass is 9.26. The van der Waals surface area contributed by atoms with Crippen molar-refractivity contribution in [3.63, 3.8) is 0 Å². The highest BCUT2D eigenvalue weighted by Gasteiger charge is 2.81. The van der Waals surface area contributed by atoms with Crippen LogP contribution in [-0.4, -0.2) is 38.9 Å². The molecule has 0 saturated heterocycles. The summed E-state index contributed by atoms with van der Waals surface area (Å²) in [7, 11) is 0. The lowest BCUT2D eigenvalue weighted by Gasteiger charge is -2.81. The highest BCUT2D eigenvalue weighted by molar-refractivity contribution is 7.97. The SMILES string of the molecule is O=C(Nc1ccc(F)c(F)c1)c1c(Cl)c(SNC2C3CCC34C2CC4(O)CO)c2n1CCC2. The van der Waals surface area contributed by atoms with Crippen LogP contribution < -0.4 is 10.0 Å². The number of carbonyl (C=O) groups is 1. The average molecular weight is 496 g/mol. The Kier molecular flexibility index (Phi) is 4.92. The molecule has 1 aromatic carbocycles. The first-order valence-electron chi connectivity index (χ1n) is 11.2. The van der Waals surface area contributed by atoms with Crippen molar-refractivity contribution in [3.05, 3.63) is 46.2 Å². The first kappa shape index (κ1) is 21.9. The number of nitrogens with zero attached hydrogens (tertiary/aromatic N) is 1. The molecule has 3 aliphatic carbocycles. The van der Waals surface area contributed by atoms with Gasteiger partial charge in [-0.3, -0.25) is 9.52 Å². The average Bonchev–Trinajstić information content (AvgIpc) is 3.31. The zero-order valence-electron chi connectivity index (χ0n) is 17.7. The van der Waals surface area contributed by atoms with Crippen LogP contribution in [0, 0.1) is 28.9 Å². The summed E-state index contributed by atoms with van der Waals surface area (Å²) in [6, 6.07) is 3.46. The Hall–Kier alpha value is -1.65. The van der Waals surface area contributed by atoms with Gasteiger partial charge in [-0.05, 0) is 68.0 Å². The highest BCUT2D eigenvalue weighted by atomic mass is 35.5. The van der Waals surface area contributed by atoms with Crippen LogP contribution in [0.25, 0.3) is 0 Å². The number of aliphatic hydroxyl groups is 2. The number of rotatable bonds is 6. The molecule has 0 bridgehead atoms. The largest absolute Gasteiger partial charge is 0.393 e. The summed E-state index contributed by atoms with van der Waals surface area (Å²) in [5.74, 6) is -1.79. The van der Waals surface area contributed by atoms with E-state index in [4.69, 9.17) is 11.6 Å². The molecule has 3 fully saturated rings. The number of halogens is 3. The molecule has 5 unspecified atom stereocenters. The molecule has 176 valence electrons. The first-order chi connectivity index (χ1) is 15.8. The van der Waals surface area contributed by atoms with Gasteiger partial charge in [0, 0.05) is 35.4 Å². The molecule has 5 atom stereocenters. The minimum Gasteiger partial charge on any atom is -0.393 e. The van der Waals surface area contributed by atoms with Crippen molar-refractivity contribution in [2.24, 2.45) is 17.3 Å². The van der Waals surface area contributed by atoms with Crippen molar-refractivity contribution in [3.8, 4) is 0 Å². The van der Waals surface area contributed by atoms with Gasteiger partial charge < -0.3 is 20.1 Å². The second-order valence-electron chi connectivity index (χ2n) is 9.71. The summed E-state index contributed by atoms with van der Waals surface area (Å²) < 4.78 is 32.2. The Bertz CT molecular complexity index is 1170. The molecule has 6 nitrogen and oxygen atoms in total. The van der Waals surface area contributed by atoms with Crippen LogP contribution in [0.3, 0.4) is 0 Å². The van der Waals surface area contributed by atoms with E-state index >= 15 is 0 Å². The number of fused-ring (bicyclic) bond motifs is 1. The molecule has 2 aromatic rings. The van der Waals surface area contributed by atoms with E-state index in [0.717, 1.165) is 48.4 Å². The van der Waals surface area contributed by atoms with Crippen LogP contribution in [0.1, 0.15) is 41.9 Å². The van der Waals surface area contributed by atoms with E-state index in [9.17, 15) is 23.8 Å². The van der Waals surface area contributed by atoms with E-state index in [0.29, 0.717) is 35.5 Å². The van der Waals surface area contributed by atoms with Gasteiger partial charge in [0.25, 0.3) is 5.91 Å². The molecule has 4 N–H and O–H groups in total. The monoisotopic (exact) mass is 495 g/mol. The number of hydrogen-bond acceptors (Lipinski definition) is 5. The van der Waals surface area contributed by atoms with Crippen molar-refractivity contribution < 1.29 is 23.8 Å². The highest BCUT2D eigenvalue weighted by Crippen LogP contribution is 2.78. The van der Waals surface area contributed by atoms with E-state index in [2.05, 4.69) is 10.0 Å². The summed E-state index contributed by atoms with van der Waals surface area (Å²) in [5, 5.41) is 23.3. The normalized spacial score (nSPS) is 33.3. The minimum atomic E-state index is -1.03. The Labute approximate surface area is 198 Å². The van der Waals surface area contributed by atoms with Gasteiger partial charge in [0.2, 0.25) is 0 Å². The molecule has 10 heteroatoms. The van der Waals surface area contributed by atoms with Crippen molar-refractivity contribution in [2.45, 2.75) is 55.2 Å². The standard InChI is InChI=1S/C23H24ClF2N3O3S/c24-17-19(21(31)27-11-3-4-14(25)15(26)8-11)29-7-1-2-16(29)20(17)33-28-18-12-5-6-23(12)13(18)9-22(23,32)10-30/h3-4,8,12-13,18,28,30,32H,1-2,5-7,9-10H2,(H,27,31). The molecule has 3 saturated carbocycles. The molecule has 1 aliphatic heterocycles. The molecule has 6 rings (SSSR count). The number of amides is 1. The van der Waals surface area contributed by atoms with Gasteiger partial charge in [-0.2, -0.15) is 0 Å². The fourth-order valence-electron chi connectivity index (χ4n) is 6.82. The van der Waals surface area contributed by atoms with Gasteiger partial charge >= 0.3 is 0 Å². The lowest BCUT2D eigenvalue weighted by Crippen LogP contribution is -2.86. The van der Waals surface area contributed by atoms with E-state index in [1.165, 1.54) is 18.0 Å². The lowest BCUT2D eigenvalue weighted by molar-refractivity contribution is -0.365. The topological polar surface area (TPSA) is 86.5 Å². The summed E-state index contributed by atoms with van der Waals surface area (Å²) >= 11 is 8.12. The van der Waals surface area contributed by atoms with Gasteiger partial charge in [-0.1, -0.05) is 11.6 Å². The van der Waals surface area contributed by atoms with Crippen molar-refractivity contribution in [2.75, 3.05) is 11.9 Å². The van der Waals surface area contributed by atoms with E-state index < -0.39 is 23.1 Å². The van der Waals surface area contributed by atoms with Gasteiger partial charge in [0.15, 0.2) is 11.6 Å². The van der Waals surface area contributed by atoms with Crippen LogP contribution in [0.5, 0.6) is 0 Å². The quantitative estimate of drug-likeness (QED) is 0.459. The predicted molar refractivity (Wildman–Crippen MR) is 120 cm³/mol. The fraction of sp³-hybridized carbons (Fsp3) is 0.522. The molecule has 33 heavy (non-hydrogen) atoms. The van der Waals surface area contributed by atoms with Crippen LogP contribution in [0.15, 0.2) is 23.1 Å². The van der Waals surface area contributed by atoms with Gasteiger partial charge in [0.05, 0.1) is 22.1 Å². The van der Waals surface area contributed by atoms with Gasteiger partial charge in [0.1, 0.15) is 5.69 Å². The maximum absolute atomic E-state index is 13.5. The molecule has 1 aromatic heterocycles. The Morgan fingerprint density at radius 2 is 2.12 bits per heavy atom. The van der Waals surface area contributed by atoms with E-state index in [1.807, 2.05) is 4.57 Å². The van der Waals surface area contributed by atoms with Crippen molar-refractivity contribution in [1.29, 1.82) is 0 Å². The van der Waals surface area contributed by atoms with Gasteiger partial charge in [-0.15, -0.1) is 0 Å². The Morgan fingerprint density at radius 3 is 2.79 bits per heavy atom. The Balaban J connectivity index is 1.20. The number of aliphatic hydroxyl groups excluding tert-OH is 1. The number of nitrogens with one attached hydrogen (secondary N) is 2. The maximum atomic E-state index is 13.5. The number of anilines is 1. The molecular weight excluding hydrogens is 472 g/mol. The minimum absolute atomic E-state index is 0.137. The number of benzene rings is 1. The fourth-order valence-corrected chi connectivity index (χ4v) is 8.33. The molecule has 1 amide bonds. The van der Waals surface area contributed by atoms with E-state index in [1.54, 1.807) is 0 Å². The maximum Gasteiger partial charge on any atom is 0.273 e. The summed E-state index contributed by atoms with van der Waals surface area (Å²) in [5.41, 5.74) is 0.398. The van der Waals surface area contributed by atoms with Crippen molar-refractivity contribution >= 4 is 35.1 Å². The molecule has 2 heterocycles. The van der Waals surface area contributed by atoms with Crippen LogP contribution in [-0.2, 0) is 13.0 Å². The second kappa shape index (κ2) is 7.42. The second-order valence-corrected chi connectivity index (χ2v) is 10.9. The third kappa shape index (κ3) is 2.80. The number of hydrogen-bond donors (Lipinski definition) is 4. The van der Waals surface area contributed by atoms with Gasteiger partial charge in [-0.25, -0.2) is 8.78 Å². The number of carbonyl (C=O) groups excluding carboxylic acids is 1. The third-order valence-corrected chi connectivity index (χ3v) is 10.0. The number of aromatic nitrogens is 1. The zero-order valence-corrected chi connectivity index (χ0v) is 19.3. The van der Waals surface area contributed by atoms with Crippen LogP contribution >= 0.6 is 23.5 Å². The molecular formula is C23H24ClF2N3O3S. The molecule has 1 spiro atoms. The smallest absolute Gasteiger partial charge is 0.273 e. The Morgan fingerprint density at radius 1 is 1.30 bits per heavy atom. The predicted octanol–water partition coefficient (Wildman–Crippen LogP) is 3.74.